The molecule has 2 bridgehead atoms. The molecule has 0 amide bonds. The SMILES string of the molecule is C[C@]12C=C[C@](C)(C(=O)C[C@H]1Sc1ccccc1)[C@H](Sc1ccccc1)CC2=O. The molecule has 2 aliphatic rings. The number of benzene rings is 2. The van der Waals surface area contributed by atoms with Gasteiger partial charge < -0.3 is 0 Å². The zero-order valence-corrected chi connectivity index (χ0v) is 17.8. The van der Waals surface area contributed by atoms with E-state index in [1.54, 1.807) is 23.5 Å². The largest absolute Gasteiger partial charge is 0.299 e. The van der Waals surface area contributed by atoms with Gasteiger partial charge in [-0.3, -0.25) is 9.59 Å². The molecule has 144 valence electrons. The van der Waals surface area contributed by atoms with Crippen LogP contribution in [0, 0.1) is 10.8 Å². The van der Waals surface area contributed by atoms with Crippen molar-refractivity contribution in [2.45, 2.75) is 47.0 Å². The van der Waals surface area contributed by atoms with E-state index in [-0.39, 0.29) is 22.1 Å². The van der Waals surface area contributed by atoms with Crippen molar-refractivity contribution in [1.29, 1.82) is 0 Å². The van der Waals surface area contributed by atoms with Gasteiger partial charge in [0, 0.05) is 33.1 Å². The smallest absolute Gasteiger partial charge is 0.144 e. The van der Waals surface area contributed by atoms with Crippen molar-refractivity contribution in [3.05, 3.63) is 72.8 Å². The molecule has 0 saturated carbocycles. The summed E-state index contributed by atoms with van der Waals surface area (Å²) in [5.41, 5.74) is -1.25. The highest BCUT2D eigenvalue weighted by atomic mass is 32.2. The Labute approximate surface area is 175 Å². The molecule has 0 aromatic heterocycles. The van der Waals surface area contributed by atoms with Crippen molar-refractivity contribution in [2.75, 3.05) is 0 Å². The van der Waals surface area contributed by atoms with Gasteiger partial charge in [-0.15, -0.1) is 23.5 Å². The van der Waals surface area contributed by atoms with Crippen LogP contribution in [0.5, 0.6) is 0 Å². The van der Waals surface area contributed by atoms with Gasteiger partial charge in [0.2, 0.25) is 0 Å². The van der Waals surface area contributed by atoms with E-state index in [0.29, 0.717) is 12.8 Å². The highest BCUT2D eigenvalue weighted by Gasteiger charge is 2.53. The molecular weight excluding hydrogens is 384 g/mol. The van der Waals surface area contributed by atoms with Crippen LogP contribution in [0.25, 0.3) is 0 Å². The molecule has 0 radical (unpaired) electrons. The molecule has 0 fully saturated rings. The lowest BCUT2D eigenvalue weighted by molar-refractivity contribution is -0.130. The summed E-state index contributed by atoms with van der Waals surface area (Å²) in [6, 6.07) is 20.2. The van der Waals surface area contributed by atoms with Crippen LogP contribution >= 0.6 is 23.5 Å². The minimum atomic E-state index is -0.625. The lowest BCUT2D eigenvalue weighted by atomic mass is 9.74. The number of carbonyl (C=O) groups is 2. The van der Waals surface area contributed by atoms with E-state index < -0.39 is 10.8 Å². The van der Waals surface area contributed by atoms with E-state index in [2.05, 4.69) is 0 Å². The third kappa shape index (κ3) is 3.48. The second-order valence-electron chi connectivity index (χ2n) is 7.99. The molecule has 0 heterocycles. The maximum Gasteiger partial charge on any atom is 0.144 e. The molecule has 4 atom stereocenters. The molecule has 4 heteroatoms. The Morgan fingerprint density at radius 3 is 1.39 bits per heavy atom. The van der Waals surface area contributed by atoms with Gasteiger partial charge in [-0.2, -0.15) is 0 Å². The van der Waals surface area contributed by atoms with Crippen LogP contribution in [0.4, 0.5) is 0 Å². The zero-order chi connectivity index (χ0) is 19.8. The third-order valence-corrected chi connectivity index (χ3v) is 9.07. The Bertz CT molecular complexity index is 833. The normalized spacial score (nSPS) is 32.2. The molecule has 0 unspecified atom stereocenters. The maximum atomic E-state index is 13.4. The summed E-state index contributed by atoms with van der Waals surface area (Å²) >= 11 is 3.31. The first kappa shape index (κ1) is 19.5. The van der Waals surface area contributed by atoms with E-state index in [0.717, 1.165) is 9.79 Å². The van der Waals surface area contributed by atoms with E-state index in [1.165, 1.54) is 0 Å². The Kier molecular flexibility index (Phi) is 5.28. The summed E-state index contributed by atoms with van der Waals surface area (Å²) < 4.78 is 0. The molecule has 2 aromatic carbocycles. The van der Waals surface area contributed by atoms with Crippen LogP contribution in [-0.2, 0) is 9.59 Å². The number of allylic oxidation sites excluding steroid dienone is 2. The second-order valence-corrected chi connectivity index (χ2v) is 10.5. The second kappa shape index (κ2) is 7.57. The van der Waals surface area contributed by atoms with E-state index >= 15 is 0 Å². The predicted octanol–water partition coefficient (Wildman–Crippen LogP) is 5.82. The summed E-state index contributed by atoms with van der Waals surface area (Å²) in [5, 5.41) is -0.147. The standard InChI is InChI=1S/C24H24O2S2/c1-23-13-14-24(2,20(26)16-21(23)27-17-9-5-3-6-10-17)22(15-19(23)25)28-18-11-7-4-8-12-18/h3-14,21-22H,15-16H2,1-2H3/t21-,22-,23-,24-/m1/s1. The minimum absolute atomic E-state index is 0.0735. The number of hydrogen-bond acceptors (Lipinski definition) is 4. The fourth-order valence-corrected chi connectivity index (χ4v) is 6.63. The average Bonchev–Trinajstić information content (AvgIpc) is 2.87. The molecule has 4 rings (SSSR count). The van der Waals surface area contributed by atoms with Crippen LogP contribution in [0.1, 0.15) is 26.7 Å². The van der Waals surface area contributed by atoms with Crippen LogP contribution in [0.3, 0.4) is 0 Å². The van der Waals surface area contributed by atoms with Gasteiger partial charge in [-0.25, -0.2) is 0 Å². The molecule has 0 spiro atoms. The lowest BCUT2D eigenvalue weighted by Crippen LogP contribution is -2.45. The quantitative estimate of drug-likeness (QED) is 0.597. The van der Waals surface area contributed by atoms with Gasteiger partial charge in [0.1, 0.15) is 11.6 Å². The summed E-state index contributed by atoms with van der Waals surface area (Å²) in [5.74, 6) is 0.476. The Hall–Kier alpha value is -1.78. The molecule has 2 nitrogen and oxygen atoms in total. The molecule has 0 N–H and O–H groups in total. The zero-order valence-electron chi connectivity index (χ0n) is 16.1. The first-order chi connectivity index (χ1) is 13.4. The number of hydrogen-bond donors (Lipinski definition) is 0. The average molecular weight is 409 g/mol. The van der Waals surface area contributed by atoms with Gasteiger partial charge in [0.15, 0.2) is 0 Å². The summed E-state index contributed by atoms with van der Waals surface area (Å²) in [7, 11) is 0. The van der Waals surface area contributed by atoms with Gasteiger partial charge in [-0.1, -0.05) is 48.6 Å². The van der Waals surface area contributed by atoms with Crippen LogP contribution in [0.15, 0.2) is 82.6 Å². The van der Waals surface area contributed by atoms with Crippen LogP contribution in [-0.4, -0.2) is 22.1 Å². The van der Waals surface area contributed by atoms with Crippen molar-refractivity contribution >= 4 is 35.1 Å². The van der Waals surface area contributed by atoms with E-state index in [9.17, 15) is 9.59 Å². The van der Waals surface area contributed by atoms with Gasteiger partial charge in [0.05, 0.1) is 10.8 Å². The predicted molar refractivity (Wildman–Crippen MR) is 117 cm³/mol. The van der Waals surface area contributed by atoms with Crippen LogP contribution in [0.2, 0.25) is 0 Å². The molecule has 0 aliphatic heterocycles. The van der Waals surface area contributed by atoms with Crippen LogP contribution < -0.4 is 0 Å². The Morgan fingerprint density at radius 2 is 1.04 bits per heavy atom. The van der Waals surface area contributed by atoms with Gasteiger partial charge in [0.25, 0.3) is 0 Å². The Balaban J connectivity index is 1.67. The molecule has 2 aliphatic carbocycles. The molecular formula is C24H24O2S2. The third-order valence-electron chi connectivity index (χ3n) is 6.10. The van der Waals surface area contributed by atoms with Crippen molar-refractivity contribution in [2.24, 2.45) is 10.8 Å². The summed E-state index contributed by atoms with van der Waals surface area (Å²) in [6.45, 7) is 4.03. The van der Waals surface area contributed by atoms with E-state index in [4.69, 9.17) is 0 Å². The fraction of sp³-hybridized carbons (Fsp3) is 0.333. The molecule has 0 saturated heterocycles. The number of rotatable bonds is 4. The van der Waals surface area contributed by atoms with E-state index in [1.807, 2.05) is 86.7 Å². The number of fused-ring (bicyclic) bond motifs is 2. The summed E-state index contributed by atoms with van der Waals surface area (Å²) in [4.78, 5) is 29.0. The van der Waals surface area contributed by atoms with Crippen molar-refractivity contribution in [3.63, 3.8) is 0 Å². The van der Waals surface area contributed by atoms with Gasteiger partial charge in [-0.05, 0) is 38.1 Å². The van der Waals surface area contributed by atoms with Crippen molar-refractivity contribution < 1.29 is 9.59 Å². The highest BCUT2D eigenvalue weighted by Crippen LogP contribution is 2.52. The number of carbonyl (C=O) groups excluding carboxylic acids is 2. The molecule has 2 aromatic rings. The van der Waals surface area contributed by atoms with Gasteiger partial charge >= 0.3 is 0 Å². The van der Waals surface area contributed by atoms with Crippen molar-refractivity contribution in [1.82, 2.24) is 0 Å². The molecule has 28 heavy (non-hydrogen) atoms. The maximum absolute atomic E-state index is 13.4. The first-order valence-corrected chi connectivity index (χ1v) is 11.4. The lowest BCUT2D eigenvalue weighted by Gasteiger charge is -2.38. The summed E-state index contributed by atoms with van der Waals surface area (Å²) in [6.07, 6.45) is 4.90. The first-order valence-electron chi connectivity index (χ1n) is 9.62. The van der Waals surface area contributed by atoms with Crippen molar-refractivity contribution in [3.8, 4) is 0 Å². The monoisotopic (exact) mass is 408 g/mol. The number of thioether (sulfide) groups is 2. The number of ketones is 2. The number of Topliss-reactive ketones (excluding diaryl/α,β-unsaturated/α-hetero) is 2. The highest BCUT2D eigenvalue weighted by molar-refractivity contribution is 8.00. The fourth-order valence-electron chi connectivity index (χ4n) is 3.96. The Morgan fingerprint density at radius 1 is 0.679 bits per heavy atom. The minimum Gasteiger partial charge on any atom is -0.299 e. The topological polar surface area (TPSA) is 34.1 Å².